The summed E-state index contributed by atoms with van der Waals surface area (Å²) in [5.41, 5.74) is 4.78. The number of benzene rings is 2. The quantitative estimate of drug-likeness (QED) is 0.612. The van der Waals surface area contributed by atoms with Gasteiger partial charge in [0.05, 0.1) is 17.3 Å². The van der Waals surface area contributed by atoms with Crippen molar-refractivity contribution < 1.29 is 4.79 Å². The maximum Gasteiger partial charge on any atom is 0.256 e. The van der Waals surface area contributed by atoms with Crippen LogP contribution in [0.15, 0.2) is 66.7 Å². The first kappa shape index (κ1) is 22.4. The second-order valence-electron chi connectivity index (χ2n) is 8.80. The van der Waals surface area contributed by atoms with E-state index < -0.39 is 0 Å². The van der Waals surface area contributed by atoms with Crippen LogP contribution in [0, 0.1) is 6.92 Å². The fourth-order valence-corrected chi connectivity index (χ4v) is 4.44. The molecule has 5 nitrogen and oxygen atoms in total. The Kier molecular flexibility index (Phi) is 6.82. The standard InChI is InChI=1S/C26H31BN4O/c1-19(2)28-17-23-18-29(27)14-15-30(23)26(32)24-16-20(3)31(22-12-8-5-9-13-22)25(24)21-10-6-4-7-11-21/h4-13,16,19,23,28H,14-15,17-18H2,1-3H3/t23-/m1/s1. The number of nitrogens with zero attached hydrogens (tertiary/aromatic N) is 3. The summed E-state index contributed by atoms with van der Waals surface area (Å²) in [6, 6.07) is 22.8. The Hall–Kier alpha value is -2.83. The molecule has 0 aliphatic carbocycles. The highest BCUT2D eigenvalue weighted by Crippen LogP contribution is 2.32. The third-order valence-electron chi connectivity index (χ3n) is 6.01. The van der Waals surface area contributed by atoms with E-state index in [0.717, 1.165) is 34.7 Å². The second kappa shape index (κ2) is 9.76. The zero-order chi connectivity index (χ0) is 22.7. The molecule has 0 spiro atoms. The van der Waals surface area contributed by atoms with Gasteiger partial charge in [-0.25, -0.2) is 0 Å². The predicted octanol–water partition coefficient (Wildman–Crippen LogP) is 3.66. The first-order chi connectivity index (χ1) is 15.5. The van der Waals surface area contributed by atoms with Gasteiger partial charge in [-0.2, -0.15) is 0 Å². The van der Waals surface area contributed by atoms with Gasteiger partial charge >= 0.3 is 0 Å². The highest BCUT2D eigenvalue weighted by molar-refractivity contribution is 6.05. The van der Waals surface area contributed by atoms with E-state index in [-0.39, 0.29) is 11.9 Å². The molecule has 0 unspecified atom stereocenters. The number of nitrogens with one attached hydrogen (secondary N) is 1. The lowest BCUT2D eigenvalue weighted by atomic mass is 10.0. The highest BCUT2D eigenvalue weighted by Gasteiger charge is 2.32. The van der Waals surface area contributed by atoms with Crippen LogP contribution in [0.5, 0.6) is 0 Å². The molecule has 1 saturated heterocycles. The lowest BCUT2D eigenvalue weighted by Gasteiger charge is -2.41. The molecular weight excluding hydrogens is 395 g/mol. The van der Waals surface area contributed by atoms with Gasteiger partial charge in [-0.3, -0.25) is 4.79 Å². The molecule has 3 aromatic rings. The van der Waals surface area contributed by atoms with E-state index in [1.165, 1.54) is 0 Å². The zero-order valence-corrected chi connectivity index (χ0v) is 19.2. The normalized spacial score (nSPS) is 17.1. The van der Waals surface area contributed by atoms with Crippen LogP contribution in [0.1, 0.15) is 29.9 Å². The number of aromatic nitrogens is 1. The molecule has 164 valence electrons. The fraction of sp³-hybridized carbons (Fsp3) is 0.346. The van der Waals surface area contributed by atoms with E-state index in [2.05, 4.69) is 54.9 Å². The van der Waals surface area contributed by atoms with Gasteiger partial charge in [0.2, 0.25) is 0 Å². The molecule has 1 aromatic heterocycles. The van der Waals surface area contributed by atoms with Crippen LogP contribution in [0.2, 0.25) is 0 Å². The number of amides is 1. The van der Waals surface area contributed by atoms with Gasteiger partial charge in [0.15, 0.2) is 7.98 Å². The lowest BCUT2D eigenvalue weighted by Crippen LogP contribution is -2.58. The van der Waals surface area contributed by atoms with Crippen LogP contribution in [-0.4, -0.2) is 66.4 Å². The van der Waals surface area contributed by atoms with Gasteiger partial charge in [0.25, 0.3) is 5.91 Å². The van der Waals surface area contributed by atoms with Gasteiger partial charge in [0, 0.05) is 43.6 Å². The Morgan fingerprint density at radius 3 is 2.38 bits per heavy atom. The SMILES string of the molecule is [B]N1CCN(C(=O)c2cc(C)n(-c3ccccc3)c2-c2ccccc2)[C@H](CNC(C)C)C1. The molecule has 2 heterocycles. The zero-order valence-electron chi connectivity index (χ0n) is 19.2. The molecule has 2 radical (unpaired) electrons. The maximum absolute atomic E-state index is 14.0. The first-order valence-electron chi connectivity index (χ1n) is 11.3. The van der Waals surface area contributed by atoms with Crippen LogP contribution in [0.4, 0.5) is 0 Å². The van der Waals surface area contributed by atoms with Crippen molar-refractivity contribution in [2.75, 3.05) is 26.2 Å². The highest BCUT2D eigenvalue weighted by atomic mass is 16.2. The predicted molar refractivity (Wildman–Crippen MR) is 131 cm³/mol. The van der Waals surface area contributed by atoms with Crippen molar-refractivity contribution in [3.63, 3.8) is 0 Å². The molecule has 4 rings (SSSR count). The molecule has 1 N–H and O–H groups in total. The lowest BCUT2D eigenvalue weighted by molar-refractivity contribution is 0.0564. The number of aryl methyl sites for hydroxylation is 1. The molecule has 32 heavy (non-hydrogen) atoms. The van der Waals surface area contributed by atoms with Crippen LogP contribution in [0.25, 0.3) is 16.9 Å². The molecule has 1 fully saturated rings. The number of rotatable bonds is 6. The topological polar surface area (TPSA) is 40.5 Å². The minimum atomic E-state index is 0.0210. The van der Waals surface area contributed by atoms with Crippen molar-refractivity contribution in [3.8, 4) is 16.9 Å². The van der Waals surface area contributed by atoms with Crippen molar-refractivity contribution in [2.24, 2.45) is 0 Å². The van der Waals surface area contributed by atoms with E-state index in [0.29, 0.717) is 25.7 Å². The fourth-order valence-electron chi connectivity index (χ4n) is 4.44. The second-order valence-corrected chi connectivity index (χ2v) is 8.80. The van der Waals surface area contributed by atoms with Crippen molar-refractivity contribution in [1.29, 1.82) is 0 Å². The summed E-state index contributed by atoms with van der Waals surface area (Å²) in [7, 11) is 6.12. The maximum atomic E-state index is 14.0. The third-order valence-corrected chi connectivity index (χ3v) is 6.01. The number of carbonyl (C=O) groups is 1. The average Bonchev–Trinajstić information content (AvgIpc) is 3.15. The van der Waals surface area contributed by atoms with Crippen molar-refractivity contribution >= 4 is 13.9 Å². The number of hydrogen-bond acceptors (Lipinski definition) is 3. The summed E-state index contributed by atoms with van der Waals surface area (Å²) >= 11 is 0. The van der Waals surface area contributed by atoms with Crippen molar-refractivity contribution in [2.45, 2.75) is 32.9 Å². The number of carbonyl (C=O) groups excluding carboxylic acids is 1. The molecular formula is C26H31BN4O. The summed E-state index contributed by atoms with van der Waals surface area (Å²) in [5.74, 6) is 0.0605. The van der Waals surface area contributed by atoms with Crippen LogP contribution >= 0.6 is 0 Å². The minimum Gasteiger partial charge on any atom is -0.350 e. The van der Waals surface area contributed by atoms with E-state index in [9.17, 15) is 4.79 Å². The van der Waals surface area contributed by atoms with Crippen molar-refractivity contribution in [1.82, 2.24) is 19.6 Å². The summed E-state index contributed by atoms with van der Waals surface area (Å²) in [5, 5.41) is 3.48. The smallest absolute Gasteiger partial charge is 0.256 e. The molecule has 1 amide bonds. The molecule has 1 atom stereocenters. The van der Waals surface area contributed by atoms with Crippen LogP contribution in [-0.2, 0) is 0 Å². The Morgan fingerprint density at radius 2 is 1.72 bits per heavy atom. The number of hydrogen-bond donors (Lipinski definition) is 1. The van der Waals surface area contributed by atoms with Gasteiger partial charge in [0.1, 0.15) is 0 Å². The molecule has 2 aromatic carbocycles. The average molecular weight is 426 g/mol. The summed E-state index contributed by atoms with van der Waals surface area (Å²) in [6.07, 6.45) is 0. The van der Waals surface area contributed by atoms with E-state index in [4.69, 9.17) is 7.98 Å². The Bertz CT molecular complexity index is 1050. The number of piperazine rings is 1. The van der Waals surface area contributed by atoms with E-state index >= 15 is 0 Å². The van der Waals surface area contributed by atoms with Crippen LogP contribution in [0.3, 0.4) is 0 Å². The van der Waals surface area contributed by atoms with Gasteiger partial charge in [-0.1, -0.05) is 62.4 Å². The minimum absolute atomic E-state index is 0.0210. The summed E-state index contributed by atoms with van der Waals surface area (Å²) < 4.78 is 2.18. The van der Waals surface area contributed by atoms with Gasteiger partial charge in [-0.15, -0.1) is 0 Å². The summed E-state index contributed by atoms with van der Waals surface area (Å²) in [4.78, 5) is 17.8. The molecule has 0 bridgehead atoms. The van der Waals surface area contributed by atoms with E-state index in [1.807, 2.05) is 52.2 Å². The van der Waals surface area contributed by atoms with Gasteiger partial charge < -0.3 is 19.6 Å². The number of para-hydroxylation sites is 1. The van der Waals surface area contributed by atoms with Gasteiger partial charge in [-0.05, 0) is 30.7 Å². The molecule has 0 saturated carbocycles. The first-order valence-corrected chi connectivity index (χ1v) is 11.3. The largest absolute Gasteiger partial charge is 0.350 e. The molecule has 6 heteroatoms. The Balaban J connectivity index is 1.78. The molecule has 1 aliphatic rings. The van der Waals surface area contributed by atoms with Crippen molar-refractivity contribution in [3.05, 3.63) is 78.0 Å². The third kappa shape index (κ3) is 4.66. The van der Waals surface area contributed by atoms with E-state index in [1.54, 1.807) is 0 Å². The summed E-state index contributed by atoms with van der Waals surface area (Å²) in [6.45, 7) is 8.96. The monoisotopic (exact) mass is 426 g/mol. The Morgan fingerprint density at radius 1 is 1.06 bits per heavy atom. The van der Waals surface area contributed by atoms with Crippen LogP contribution < -0.4 is 5.32 Å². The molecule has 1 aliphatic heterocycles. The Labute approximate surface area is 192 Å².